The average molecular weight is 408 g/mol. The van der Waals surface area contributed by atoms with Crippen LogP contribution in [0.15, 0.2) is 12.1 Å². The fourth-order valence-electron chi connectivity index (χ4n) is 1.49. The molecule has 0 fully saturated rings. The Hall–Kier alpha value is -1.21. The van der Waals surface area contributed by atoms with E-state index >= 15 is 0 Å². The van der Waals surface area contributed by atoms with Gasteiger partial charge in [0.25, 0.3) is 4.32 Å². The van der Waals surface area contributed by atoms with Crippen LogP contribution < -0.4 is 0 Å². The first-order chi connectivity index (χ1) is 10.3. The zero-order valence-corrected chi connectivity index (χ0v) is 16.3. The van der Waals surface area contributed by atoms with Crippen LogP contribution in [0.4, 0.5) is 0 Å². The van der Waals surface area contributed by atoms with E-state index in [4.69, 9.17) is 21.1 Å². The molecular formula is C15H20BrClN2O4. The fourth-order valence-corrected chi connectivity index (χ4v) is 1.96. The van der Waals surface area contributed by atoms with Gasteiger partial charge in [-0.15, -0.1) is 5.10 Å². The molecule has 0 aliphatic heterocycles. The van der Waals surface area contributed by atoms with Crippen LogP contribution in [0, 0.1) is 0 Å². The monoisotopic (exact) mass is 406 g/mol. The van der Waals surface area contributed by atoms with Crippen molar-refractivity contribution in [3.8, 4) is 0 Å². The molecule has 0 unspecified atom stereocenters. The minimum Gasteiger partial charge on any atom is -0.458 e. The second-order valence-corrected chi connectivity index (χ2v) is 8.48. The molecule has 1 rings (SSSR count). The average Bonchev–Trinajstić information content (AvgIpc) is 2.34. The van der Waals surface area contributed by atoms with Crippen molar-refractivity contribution in [3.05, 3.63) is 23.0 Å². The van der Waals surface area contributed by atoms with Crippen LogP contribution in [-0.4, -0.2) is 33.3 Å². The van der Waals surface area contributed by atoms with Gasteiger partial charge in [-0.3, -0.25) is 0 Å². The molecule has 128 valence electrons. The molecule has 0 bridgehead atoms. The Morgan fingerprint density at radius 1 is 0.957 bits per heavy atom. The summed E-state index contributed by atoms with van der Waals surface area (Å²) in [5, 5.41) is 7.63. The lowest BCUT2D eigenvalue weighted by Gasteiger charge is -2.30. The highest BCUT2D eigenvalue weighted by Crippen LogP contribution is 2.36. The third-order valence-corrected chi connectivity index (χ3v) is 3.60. The van der Waals surface area contributed by atoms with Crippen LogP contribution in [0.2, 0.25) is 5.15 Å². The molecule has 8 heteroatoms. The van der Waals surface area contributed by atoms with Crippen LogP contribution in [0.5, 0.6) is 0 Å². The van der Waals surface area contributed by atoms with E-state index in [-0.39, 0.29) is 10.8 Å². The van der Waals surface area contributed by atoms with E-state index in [1.807, 2.05) is 0 Å². The first-order valence-corrected chi connectivity index (χ1v) is 8.08. The smallest absolute Gasteiger partial charge is 0.341 e. The lowest BCUT2D eigenvalue weighted by Crippen LogP contribution is -2.46. The maximum atomic E-state index is 12.6. The summed E-state index contributed by atoms with van der Waals surface area (Å²) in [6, 6.07) is 2.84. The largest absolute Gasteiger partial charge is 0.458 e. The van der Waals surface area contributed by atoms with Gasteiger partial charge in [-0.1, -0.05) is 27.5 Å². The van der Waals surface area contributed by atoms with E-state index in [2.05, 4.69) is 26.1 Å². The van der Waals surface area contributed by atoms with Crippen molar-refractivity contribution in [1.82, 2.24) is 10.2 Å². The highest BCUT2D eigenvalue weighted by Gasteiger charge is 2.52. The van der Waals surface area contributed by atoms with Crippen molar-refractivity contribution in [2.75, 3.05) is 0 Å². The van der Waals surface area contributed by atoms with Crippen molar-refractivity contribution in [3.63, 3.8) is 0 Å². The van der Waals surface area contributed by atoms with Crippen LogP contribution in [-0.2, 0) is 23.4 Å². The summed E-state index contributed by atoms with van der Waals surface area (Å²) in [6.45, 7) is 10.2. The third-order valence-electron chi connectivity index (χ3n) is 2.35. The van der Waals surface area contributed by atoms with E-state index in [9.17, 15) is 9.59 Å². The quantitative estimate of drug-likeness (QED) is 0.434. The molecule has 0 radical (unpaired) electrons. The number of ether oxygens (including phenoxy) is 2. The van der Waals surface area contributed by atoms with Gasteiger partial charge in [0, 0.05) is 0 Å². The van der Waals surface area contributed by atoms with Crippen LogP contribution >= 0.6 is 27.5 Å². The van der Waals surface area contributed by atoms with Gasteiger partial charge in [-0.2, -0.15) is 5.10 Å². The van der Waals surface area contributed by atoms with E-state index in [1.165, 1.54) is 12.1 Å². The summed E-state index contributed by atoms with van der Waals surface area (Å²) < 4.78 is 8.75. The van der Waals surface area contributed by atoms with Gasteiger partial charge in [-0.25, -0.2) is 9.59 Å². The Labute approximate surface area is 149 Å². The van der Waals surface area contributed by atoms with E-state index in [0.29, 0.717) is 0 Å². The van der Waals surface area contributed by atoms with Crippen molar-refractivity contribution in [2.45, 2.75) is 57.1 Å². The lowest BCUT2D eigenvalue weighted by molar-refractivity contribution is -0.171. The Morgan fingerprint density at radius 3 is 1.70 bits per heavy atom. The SMILES string of the molecule is CC(C)(C)OC(=O)C(Br)(C(=O)OC(C)(C)C)c1ccc(Cl)nn1. The number of esters is 2. The second-order valence-electron chi connectivity index (χ2n) is 6.90. The molecule has 0 spiro atoms. The molecule has 23 heavy (non-hydrogen) atoms. The maximum absolute atomic E-state index is 12.6. The van der Waals surface area contributed by atoms with Gasteiger partial charge in [0.15, 0.2) is 5.15 Å². The molecule has 1 aromatic heterocycles. The summed E-state index contributed by atoms with van der Waals surface area (Å²) >= 11 is 8.87. The van der Waals surface area contributed by atoms with E-state index in [0.717, 1.165) is 0 Å². The third kappa shape index (κ3) is 5.42. The first-order valence-electron chi connectivity index (χ1n) is 6.91. The number of carbonyl (C=O) groups excluding carboxylic acids is 2. The maximum Gasteiger partial charge on any atom is 0.341 e. The Bertz CT molecular complexity index is 563. The predicted molar refractivity (Wildman–Crippen MR) is 89.3 cm³/mol. The lowest BCUT2D eigenvalue weighted by atomic mass is 10.0. The summed E-state index contributed by atoms with van der Waals surface area (Å²) in [7, 11) is 0. The highest BCUT2D eigenvalue weighted by molar-refractivity contribution is 9.10. The number of nitrogens with zero attached hydrogens (tertiary/aromatic N) is 2. The molecule has 1 aromatic rings. The molecule has 0 aliphatic rings. The van der Waals surface area contributed by atoms with Gasteiger partial charge in [0.05, 0.1) is 0 Å². The van der Waals surface area contributed by atoms with Crippen molar-refractivity contribution >= 4 is 39.5 Å². The molecule has 0 saturated heterocycles. The molecular weight excluding hydrogens is 388 g/mol. The summed E-state index contributed by atoms with van der Waals surface area (Å²) in [5.74, 6) is -1.67. The molecule has 0 aromatic carbocycles. The second kappa shape index (κ2) is 6.73. The predicted octanol–water partition coefficient (Wildman–Crippen LogP) is 3.40. The zero-order valence-electron chi connectivity index (χ0n) is 13.9. The van der Waals surface area contributed by atoms with Gasteiger partial charge in [0.2, 0.25) is 0 Å². The van der Waals surface area contributed by atoms with Crippen LogP contribution in [0.25, 0.3) is 0 Å². The normalized spacial score (nSPS) is 12.7. The van der Waals surface area contributed by atoms with Crippen LogP contribution in [0.1, 0.15) is 47.2 Å². The molecule has 0 N–H and O–H groups in total. The standard InChI is InChI=1S/C15H20BrClN2O4/c1-13(2,3)22-11(20)15(16,12(21)23-14(4,5)6)9-7-8-10(17)19-18-9/h7-8H,1-6H3. The molecule has 6 nitrogen and oxygen atoms in total. The summed E-state index contributed by atoms with van der Waals surface area (Å²) in [5.41, 5.74) is -1.55. The summed E-state index contributed by atoms with van der Waals surface area (Å²) in [4.78, 5) is 25.2. The van der Waals surface area contributed by atoms with Crippen molar-refractivity contribution in [2.24, 2.45) is 0 Å². The van der Waals surface area contributed by atoms with Crippen molar-refractivity contribution in [1.29, 1.82) is 0 Å². The molecule has 0 aliphatic carbocycles. The van der Waals surface area contributed by atoms with Gasteiger partial charge < -0.3 is 9.47 Å². The Morgan fingerprint density at radius 2 is 1.39 bits per heavy atom. The van der Waals surface area contributed by atoms with E-state index in [1.54, 1.807) is 41.5 Å². The van der Waals surface area contributed by atoms with Gasteiger partial charge in [-0.05, 0) is 53.7 Å². The fraction of sp³-hybridized carbons (Fsp3) is 0.600. The zero-order chi connectivity index (χ0) is 18.1. The number of alkyl halides is 1. The van der Waals surface area contributed by atoms with Crippen molar-refractivity contribution < 1.29 is 19.1 Å². The number of hydrogen-bond acceptors (Lipinski definition) is 6. The highest BCUT2D eigenvalue weighted by atomic mass is 79.9. The topological polar surface area (TPSA) is 78.4 Å². The number of hydrogen-bond donors (Lipinski definition) is 0. The van der Waals surface area contributed by atoms with Gasteiger partial charge >= 0.3 is 11.9 Å². The summed E-state index contributed by atoms with van der Waals surface area (Å²) in [6.07, 6.45) is 0. The minimum absolute atomic E-state index is 0.0328. The van der Waals surface area contributed by atoms with E-state index < -0.39 is 27.5 Å². The Balaban J connectivity index is 3.32. The molecule has 0 atom stereocenters. The molecule has 0 amide bonds. The number of halogens is 2. The van der Waals surface area contributed by atoms with Gasteiger partial charge in [0.1, 0.15) is 16.9 Å². The molecule has 0 saturated carbocycles. The number of carbonyl (C=O) groups is 2. The Kier molecular flexibility index (Phi) is 5.80. The number of rotatable bonds is 3. The molecule has 1 heterocycles. The number of aromatic nitrogens is 2. The first kappa shape index (κ1) is 19.8. The minimum atomic E-state index is -1.93. The van der Waals surface area contributed by atoms with Crippen LogP contribution in [0.3, 0.4) is 0 Å².